The summed E-state index contributed by atoms with van der Waals surface area (Å²) in [7, 11) is 1.52. The first-order valence-electron chi connectivity index (χ1n) is 6.56. The van der Waals surface area contributed by atoms with Crippen LogP contribution in [0.15, 0.2) is 0 Å². The second kappa shape index (κ2) is 7.36. The minimum Gasteiger partial charge on any atom is -0.480 e. The van der Waals surface area contributed by atoms with Gasteiger partial charge in [-0.1, -0.05) is 6.92 Å². The minimum absolute atomic E-state index is 0.0226. The molecule has 0 aromatic heterocycles. The second-order valence-corrected chi connectivity index (χ2v) is 5.14. The van der Waals surface area contributed by atoms with Crippen molar-refractivity contribution in [3.8, 4) is 0 Å². The van der Waals surface area contributed by atoms with Gasteiger partial charge in [-0.25, -0.2) is 4.79 Å². The monoisotopic (exact) mass is 257 g/mol. The van der Waals surface area contributed by atoms with Crippen molar-refractivity contribution in [1.29, 1.82) is 0 Å². The van der Waals surface area contributed by atoms with Gasteiger partial charge in [-0.05, 0) is 31.6 Å². The van der Waals surface area contributed by atoms with Crippen molar-refractivity contribution in [2.45, 2.75) is 45.1 Å². The van der Waals surface area contributed by atoms with Crippen molar-refractivity contribution in [2.75, 3.05) is 13.7 Å². The molecule has 0 aromatic carbocycles. The average Bonchev–Trinajstić information content (AvgIpc) is 2.34. The van der Waals surface area contributed by atoms with Crippen LogP contribution in [0.1, 0.15) is 39.0 Å². The maximum absolute atomic E-state index is 12.0. The Hall–Kier alpha value is -1.10. The lowest BCUT2D eigenvalue weighted by Crippen LogP contribution is -2.44. The number of amides is 1. The standard InChI is InChI=1S/C13H23NO4/c1-9-3-5-10(6-4-9)12(15)14-11(13(16)17)7-8-18-2/h9-11H,3-8H2,1-2H3,(H,14,15)(H,16,17). The van der Waals surface area contributed by atoms with E-state index in [0.29, 0.717) is 18.9 Å². The van der Waals surface area contributed by atoms with Crippen molar-refractivity contribution in [3.63, 3.8) is 0 Å². The van der Waals surface area contributed by atoms with Crippen molar-refractivity contribution < 1.29 is 19.4 Å². The van der Waals surface area contributed by atoms with Crippen LogP contribution in [0.2, 0.25) is 0 Å². The number of nitrogens with one attached hydrogen (secondary N) is 1. The van der Waals surface area contributed by atoms with Gasteiger partial charge in [0.05, 0.1) is 0 Å². The summed E-state index contributed by atoms with van der Waals surface area (Å²) in [5, 5.41) is 11.6. The number of carboxylic acids is 1. The van der Waals surface area contributed by atoms with E-state index in [1.165, 1.54) is 7.11 Å². The predicted octanol–water partition coefficient (Wildman–Crippen LogP) is 1.42. The zero-order chi connectivity index (χ0) is 13.5. The molecule has 0 spiro atoms. The molecule has 1 aliphatic carbocycles. The van der Waals surface area contributed by atoms with Crippen LogP contribution in [-0.4, -0.2) is 36.7 Å². The summed E-state index contributed by atoms with van der Waals surface area (Å²) in [6.45, 7) is 2.52. The fourth-order valence-corrected chi connectivity index (χ4v) is 2.30. The van der Waals surface area contributed by atoms with Crippen molar-refractivity contribution in [3.05, 3.63) is 0 Å². The molecule has 5 nitrogen and oxygen atoms in total. The predicted molar refractivity (Wildman–Crippen MR) is 67.2 cm³/mol. The Labute approximate surface area is 108 Å². The number of carbonyl (C=O) groups excluding carboxylic acids is 1. The first-order chi connectivity index (χ1) is 8.54. The average molecular weight is 257 g/mol. The summed E-state index contributed by atoms with van der Waals surface area (Å²) in [5.41, 5.74) is 0. The smallest absolute Gasteiger partial charge is 0.326 e. The first-order valence-corrected chi connectivity index (χ1v) is 6.56. The van der Waals surface area contributed by atoms with Gasteiger partial charge < -0.3 is 15.2 Å². The van der Waals surface area contributed by atoms with E-state index < -0.39 is 12.0 Å². The molecule has 0 saturated heterocycles. The number of rotatable bonds is 6. The number of hydrogen-bond acceptors (Lipinski definition) is 3. The molecule has 5 heteroatoms. The quantitative estimate of drug-likeness (QED) is 0.754. The lowest BCUT2D eigenvalue weighted by Gasteiger charge is -2.26. The molecule has 1 rings (SSSR count). The van der Waals surface area contributed by atoms with Crippen molar-refractivity contribution in [2.24, 2.45) is 11.8 Å². The van der Waals surface area contributed by atoms with Crippen LogP contribution in [0.25, 0.3) is 0 Å². The molecule has 0 radical (unpaired) electrons. The van der Waals surface area contributed by atoms with E-state index in [1.807, 2.05) is 0 Å². The first kappa shape index (κ1) is 15.0. The SMILES string of the molecule is COCCC(NC(=O)C1CCC(C)CC1)C(=O)O. The molecule has 0 aliphatic heterocycles. The number of ether oxygens (including phenoxy) is 1. The van der Waals surface area contributed by atoms with E-state index in [2.05, 4.69) is 12.2 Å². The van der Waals surface area contributed by atoms with Gasteiger partial charge in [0.25, 0.3) is 0 Å². The van der Waals surface area contributed by atoms with Crippen LogP contribution in [0, 0.1) is 11.8 Å². The van der Waals surface area contributed by atoms with Crippen LogP contribution in [0.5, 0.6) is 0 Å². The Morgan fingerprint density at radius 1 is 1.33 bits per heavy atom. The Balaban J connectivity index is 2.42. The lowest BCUT2D eigenvalue weighted by atomic mass is 9.82. The van der Waals surface area contributed by atoms with Gasteiger partial charge in [-0.15, -0.1) is 0 Å². The molecular formula is C13H23NO4. The number of carbonyl (C=O) groups is 2. The minimum atomic E-state index is -0.996. The maximum atomic E-state index is 12.0. The van der Waals surface area contributed by atoms with E-state index in [1.54, 1.807) is 0 Å². The van der Waals surface area contributed by atoms with Crippen LogP contribution in [0.3, 0.4) is 0 Å². The normalized spacial score (nSPS) is 25.4. The lowest BCUT2D eigenvalue weighted by molar-refractivity contribution is -0.143. The van der Waals surface area contributed by atoms with E-state index in [4.69, 9.17) is 9.84 Å². The Bertz CT molecular complexity index is 285. The molecule has 0 aromatic rings. The summed E-state index contributed by atoms with van der Waals surface area (Å²) in [6, 6.07) is -0.836. The topological polar surface area (TPSA) is 75.6 Å². The molecule has 0 bridgehead atoms. The van der Waals surface area contributed by atoms with Crippen LogP contribution in [0.4, 0.5) is 0 Å². The third kappa shape index (κ3) is 4.64. The Morgan fingerprint density at radius 2 is 1.94 bits per heavy atom. The van der Waals surface area contributed by atoms with Gasteiger partial charge in [0.1, 0.15) is 6.04 Å². The Kier molecular flexibility index (Phi) is 6.12. The highest BCUT2D eigenvalue weighted by atomic mass is 16.5. The molecule has 1 fully saturated rings. The third-order valence-corrected chi connectivity index (χ3v) is 3.61. The van der Waals surface area contributed by atoms with Crippen molar-refractivity contribution in [1.82, 2.24) is 5.32 Å². The molecule has 1 saturated carbocycles. The van der Waals surface area contributed by atoms with Gasteiger partial charge in [-0.2, -0.15) is 0 Å². The van der Waals surface area contributed by atoms with Gasteiger partial charge in [0.15, 0.2) is 0 Å². The fraction of sp³-hybridized carbons (Fsp3) is 0.846. The highest BCUT2D eigenvalue weighted by molar-refractivity contribution is 5.84. The number of methoxy groups -OCH3 is 1. The van der Waals surface area contributed by atoms with Gasteiger partial charge >= 0.3 is 5.97 Å². The number of carboxylic acid groups (broad SMARTS) is 1. The largest absolute Gasteiger partial charge is 0.480 e. The molecule has 104 valence electrons. The van der Waals surface area contributed by atoms with E-state index in [0.717, 1.165) is 25.7 Å². The summed E-state index contributed by atoms with van der Waals surface area (Å²) >= 11 is 0. The van der Waals surface area contributed by atoms with Gasteiger partial charge in [0, 0.05) is 26.1 Å². The van der Waals surface area contributed by atoms with Crippen LogP contribution < -0.4 is 5.32 Å². The van der Waals surface area contributed by atoms with Crippen LogP contribution in [-0.2, 0) is 14.3 Å². The molecular weight excluding hydrogens is 234 g/mol. The highest BCUT2D eigenvalue weighted by Crippen LogP contribution is 2.28. The number of aliphatic carboxylic acids is 1. The number of hydrogen-bond donors (Lipinski definition) is 2. The summed E-state index contributed by atoms with van der Waals surface area (Å²) in [6.07, 6.45) is 4.13. The molecule has 1 unspecified atom stereocenters. The van der Waals surface area contributed by atoms with E-state index in [-0.39, 0.29) is 11.8 Å². The molecule has 1 aliphatic rings. The maximum Gasteiger partial charge on any atom is 0.326 e. The highest BCUT2D eigenvalue weighted by Gasteiger charge is 2.27. The summed E-state index contributed by atoms with van der Waals surface area (Å²) < 4.78 is 4.85. The van der Waals surface area contributed by atoms with Gasteiger partial charge in [-0.3, -0.25) is 4.79 Å². The second-order valence-electron chi connectivity index (χ2n) is 5.14. The molecule has 1 atom stereocenters. The van der Waals surface area contributed by atoms with E-state index in [9.17, 15) is 9.59 Å². The summed E-state index contributed by atoms with van der Waals surface area (Å²) in [4.78, 5) is 23.0. The van der Waals surface area contributed by atoms with E-state index >= 15 is 0 Å². The van der Waals surface area contributed by atoms with Crippen LogP contribution >= 0.6 is 0 Å². The molecule has 2 N–H and O–H groups in total. The zero-order valence-electron chi connectivity index (χ0n) is 11.1. The molecule has 1 amide bonds. The van der Waals surface area contributed by atoms with Crippen molar-refractivity contribution >= 4 is 11.9 Å². The molecule has 18 heavy (non-hydrogen) atoms. The van der Waals surface area contributed by atoms with Gasteiger partial charge in [0.2, 0.25) is 5.91 Å². The molecule has 0 heterocycles. The third-order valence-electron chi connectivity index (χ3n) is 3.61. The Morgan fingerprint density at radius 3 is 2.44 bits per heavy atom. The summed E-state index contributed by atoms with van der Waals surface area (Å²) in [5.74, 6) is -0.460. The zero-order valence-corrected chi connectivity index (χ0v) is 11.1. The fourth-order valence-electron chi connectivity index (χ4n) is 2.30.